The summed E-state index contributed by atoms with van der Waals surface area (Å²) in [6.45, 7) is 7.22. The average Bonchev–Trinajstić information content (AvgIpc) is 2.41. The van der Waals surface area contributed by atoms with E-state index in [-0.39, 0.29) is 0 Å². The van der Waals surface area contributed by atoms with Crippen LogP contribution in [-0.2, 0) is 0 Å². The lowest BCUT2D eigenvalue weighted by atomic mass is 10.1. The largest absolute Gasteiger partial charge is 0.490 e. The van der Waals surface area contributed by atoms with Crippen LogP contribution >= 0.6 is 11.8 Å². The highest BCUT2D eigenvalue weighted by atomic mass is 32.2. The van der Waals surface area contributed by atoms with Crippen molar-refractivity contribution in [1.82, 2.24) is 0 Å². The number of ether oxygens (including phenoxy) is 2. The molecule has 0 aliphatic heterocycles. The van der Waals surface area contributed by atoms with Crippen molar-refractivity contribution in [2.24, 2.45) is 0 Å². The van der Waals surface area contributed by atoms with Gasteiger partial charge in [-0.1, -0.05) is 13.0 Å². The Balaban J connectivity index is 2.75. The van der Waals surface area contributed by atoms with Crippen LogP contribution in [0.1, 0.15) is 38.9 Å². The molecule has 0 spiro atoms. The fourth-order valence-corrected chi connectivity index (χ4v) is 2.58. The van der Waals surface area contributed by atoms with Gasteiger partial charge in [0.05, 0.1) is 19.3 Å². The highest BCUT2D eigenvalue weighted by molar-refractivity contribution is 7.99. The van der Waals surface area contributed by atoms with Crippen molar-refractivity contribution in [1.29, 1.82) is 0 Å². The molecule has 0 aromatic heterocycles. The minimum atomic E-state index is -0.452. The monoisotopic (exact) mass is 284 g/mol. The maximum atomic E-state index is 10.1. The van der Waals surface area contributed by atoms with Crippen molar-refractivity contribution in [3.8, 4) is 11.5 Å². The Kier molecular flexibility index (Phi) is 7.75. The quantitative estimate of drug-likeness (QED) is 0.702. The van der Waals surface area contributed by atoms with Gasteiger partial charge in [0.2, 0.25) is 0 Å². The van der Waals surface area contributed by atoms with Crippen LogP contribution in [0.3, 0.4) is 0 Å². The summed E-state index contributed by atoms with van der Waals surface area (Å²) in [7, 11) is 0. The molecule has 1 rings (SSSR count). The molecule has 0 saturated carbocycles. The molecule has 4 heteroatoms. The normalized spacial score (nSPS) is 12.2. The number of benzene rings is 1. The Morgan fingerprint density at radius 3 is 2.42 bits per heavy atom. The second-order valence-corrected chi connectivity index (χ2v) is 5.31. The predicted molar refractivity (Wildman–Crippen MR) is 81.4 cm³/mol. The number of aliphatic hydroxyl groups excluding tert-OH is 1. The molecule has 0 amide bonds. The van der Waals surface area contributed by atoms with Crippen LogP contribution in [0, 0.1) is 0 Å². The van der Waals surface area contributed by atoms with Gasteiger partial charge in [-0.25, -0.2) is 0 Å². The van der Waals surface area contributed by atoms with Crippen LogP contribution in [0.15, 0.2) is 18.2 Å². The van der Waals surface area contributed by atoms with Gasteiger partial charge in [0.15, 0.2) is 11.5 Å². The topological polar surface area (TPSA) is 38.7 Å². The second-order valence-electron chi connectivity index (χ2n) is 4.16. The summed E-state index contributed by atoms with van der Waals surface area (Å²) in [6.07, 6.45) is 0.677. The molecule has 0 heterocycles. The van der Waals surface area contributed by atoms with Crippen molar-refractivity contribution < 1.29 is 14.6 Å². The Labute approximate surface area is 120 Å². The summed E-state index contributed by atoms with van der Waals surface area (Å²) in [6, 6.07) is 5.66. The Bertz CT molecular complexity index is 368. The SMILES string of the molecule is CCCSCC(O)c1ccc(OCC)c(OCC)c1. The zero-order valence-electron chi connectivity index (χ0n) is 12.0. The molecule has 1 aromatic rings. The standard InChI is InChI=1S/C15H24O3S/c1-4-9-19-11-13(16)12-7-8-14(17-5-2)15(10-12)18-6-3/h7-8,10,13,16H,4-6,9,11H2,1-3H3. The van der Waals surface area contributed by atoms with E-state index in [0.717, 1.165) is 23.5 Å². The van der Waals surface area contributed by atoms with Gasteiger partial charge < -0.3 is 14.6 Å². The molecule has 19 heavy (non-hydrogen) atoms. The van der Waals surface area contributed by atoms with Crippen LogP contribution in [0.2, 0.25) is 0 Å². The molecule has 108 valence electrons. The molecule has 0 aliphatic rings. The van der Waals surface area contributed by atoms with Gasteiger partial charge in [-0.2, -0.15) is 11.8 Å². The average molecular weight is 284 g/mol. The van der Waals surface area contributed by atoms with E-state index >= 15 is 0 Å². The number of hydrogen-bond donors (Lipinski definition) is 1. The molecular weight excluding hydrogens is 260 g/mol. The first kappa shape index (κ1) is 16.2. The summed E-state index contributed by atoms with van der Waals surface area (Å²) in [5, 5.41) is 10.1. The number of rotatable bonds is 9. The van der Waals surface area contributed by atoms with Crippen LogP contribution in [0.25, 0.3) is 0 Å². The van der Waals surface area contributed by atoms with E-state index in [1.807, 2.05) is 32.0 Å². The molecule has 0 bridgehead atoms. The molecule has 1 atom stereocenters. The molecule has 3 nitrogen and oxygen atoms in total. The van der Waals surface area contributed by atoms with Gasteiger partial charge in [0, 0.05) is 5.75 Å². The lowest BCUT2D eigenvalue weighted by molar-refractivity contribution is 0.203. The summed E-state index contributed by atoms with van der Waals surface area (Å²) >= 11 is 1.77. The minimum Gasteiger partial charge on any atom is -0.490 e. The van der Waals surface area contributed by atoms with Gasteiger partial charge in [0.1, 0.15) is 0 Å². The van der Waals surface area contributed by atoms with Crippen molar-refractivity contribution in [3.05, 3.63) is 23.8 Å². The van der Waals surface area contributed by atoms with E-state index in [1.165, 1.54) is 0 Å². The molecule has 1 unspecified atom stereocenters. The lowest BCUT2D eigenvalue weighted by Crippen LogP contribution is -2.04. The predicted octanol–water partition coefficient (Wildman–Crippen LogP) is 3.66. The summed E-state index contributed by atoms with van der Waals surface area (Å²) in [5.41, 5.74) is 0.885. The maximum Gasteiger partial charge on any atom is 0.161 e. The molecule has 0 radical (unpaired) electrons. The Hall–Kier alpha value is -0.870. The van der Waals surface area contributed by atoms with Crippen molar-refractivity contribution >= 4 is 11.8 Å². The van der Waals surface area contributed by atoms with E-state index in [0.29, 0.717) is 24.7 Å². The van der Waals surface area contributed by atoms with E-state index in [4.69, 9.17) is 9.47 Å². The number of hydrogen-bond acceptors (Lipinski definition) is 4. The molecule has 1 aromatic carbocycles. The van der Waals surface area contributed by atoms with Crippen LogP contribution in [0.4, 0.5) is 0 Å². The van der Waals surface area contributed by atoms with Gasteiger partial charge in [-0.05, 0) is 43.7 Å². The maximum absolute atomic E-state index is 10.1. The first-order valence-electron chi connectivity index (χ1n) is 6.88. The fourth-order valence-electron chi connectivity index (χ4n) is 1.71. The van der Waals surface area contributed by atoms with Gasteiger partial charge in [0.25, 0.3) is 0 Å². The molecule has 0 saturated heterocycles. The van der Waals surface area contributed by atoms with Gasteiger partial charge in [-0.15, -0.1) is 0 Å². The zero-order valence-corrected chi connectivity index (χ0v) is 12.8. The number of aliphatic hydroxyl groups is 1. The van der Waals surface area contributed by atoms with Crippen molar-refractivity contribution in [3.63, 3.8) is 0 Å². The minimum absolute atomic E-state index is 0.452. The first-order valence-corrected chi connectivity index (χ1v) is 8.03. The second kappa shape index (κ2) is 9.10. The molecule has 0 fully saturated rings. The molecule has 0 aliphatic carbocycles. The van der Waals surface area contributed by atoms with Crippen LogP contribution < -0.4 is 9.47 Å². The first-order chi connectivity index (χ1) is 9.22. The van der Waals surface area contributed by atoms with E-state index < -0.39 is 6.10 Å². The molecular formula is C15H24O3S. The lowest BCUT2D eigenvalue weighted by Gasteiger charge is -2.15. The van der Waals surface area contributed by atoms with Crippen LogP contribution in [-0.4, -0.2) is 29.8 Å². The van der Waals surface area contributed by atoms with E-state index in [2.05, 4.69) is 6.92 Å². The van der Waals surface area contributed by atoms with Crippen molar-refractivity contribution in [2.45, 2.75) is 33.3 Å². The third-order valence-electron chi connectivity index (χ3n) is 2.58. The summed E-state index contributed by atoms with van der Waals surface area (Å²) in [5.74, 6) is 3.24. The fraction of sp³-hybridized carbons (Fsp3) is 0.600. The summed E-state index contributed by atoms with van der Waals surface area (Å²) in [4.78, 5) is 0. The highest BCUT2D eigenvalue weighted by Gasteiger charge is 2.12. The van der Waals surface area contributed by atoms with Gasteiger partial charge >= 0.3 is 0 Å². The third-order valence-corrected chi connectivity index (χ3v) is 3.82. The summed E-state index contributed by atoms with van der Waals surface area (Å²) < 4.78 is 11.1. The van der Waals surface area contributed by atoms with E-state index in [9.17, 15) is 5.11 Å². The number of thioether (sulfide) groups is 1. The van der Waals surface area contributed by atoms with E-state index in [1.54, 1.807) is 11.8 Å². The van der Waals surface area contributed by atoms with Crippen LogP contribution in [0.5, 0.6) is 11.5 Å². The zero-order chi connectivity index (χ0) is 14.1. The Morgan fingerprint density at radius 1 is 1.11 bits per heavy atom. The third kappa shape index (κ3) is 5.33. The van der Waals surface area contributed by atoms with Crippen molar-refractivity contribution in [2.75, 3.05) is 24.7 Å². The Morgan fingerprint density at radius 2 is 1.79 bits per heavy atom. The van der Waals surface area contributed by atoms with Gasteiger partial charge in [-0.3, -0.25) is 0 Å². The molecule has 1 N–H and O–H groups in total. The highest BCUT2D eigenvalue weighted by Crippen LogP contribution is 2.31. The smallest absolute Gasteiger partial charge is 0.161 e.